The molecule has 1 fully saturated rings. The smallest absolute Gasteiger partial charge is 0.269 e. The Morgan fingerprint density at radius 2 is 1.81 bits per heavy atom. The molecule has 1 saturated heterocycles. The van der Waals surface area contributed by atoms with Crippen LogP contribution in [0.2, 0.25) is 0 Å². The monoisotopic (exact) mass is 354 g/mol. The van der Waals surface area contributed by atoms with Gasteiger partial charge in [0, 0.05) is 17.7 Å². The van der Waals surface area contributed by atoms with Gasteiger partial charge in [0.25, 0.3) is 11.8 Å². The number of aryl methyl sites for hydroxylation is 1. The molecule has 2 aromatic carbocycles. The fraction of sp³-hybridized carbons (Fsp3) is 0.300. The van der Waals surface area contributed by atoms with E-state index in [1.54, 1.807) is 42.5 Å². The van der Waals surface area contributed by atoms with Gasteiger partial charge in [0.1, 0.15) is 12.4 Å². The van der Waals surface area contributed by atoms with Crippen LogP contribution in [0.15, 0.2) is 48.5 Å². The summed E-state index contributed by atoms with van der Waals surface area (Å²) in [5.41, 5.74) is 6.72. The summed E-state index contributed by atoms with van der Waals surface area (Å²) in [6.07, 6.45) is 2.23. The Bertz CT molecular complexity index is 768. The van der Waals surface area contributed by atoms with Gasteiger partial charge >= 0.3 is 0 Å². The van der Waals surface area contributed by atoms with Crippen molar-refractivity contribution in [3.05, 3.63) is 65.2 Å². The summed E-state index contributed by atoms with van der Waals surface area (Å²) in [4.78, 5) is 24.2. The summed E-state index contributed by atoms with van der Waals surface area (Å²) >= 11 is 0. The molecule has 6 nitrogen and oxygen atoms in total. The van der Waals surface area contributed by atoms with E-state index in [4.69, 9.17) is 9.47 Å². The molecule has 136 valence electrons. The molecule has 1 aliphatic rings. The van der Waals surface area contributed by atoms with E-state index in [-0.39, 0.29) is 12.0 Å². The van der Waals surface area contributed by atoms with Crippen LogP contribution in [0.5, 0.6) is 5.75 Å². The van der Waals surface area contributed by atoms with E-state index in [9.17, 15) is 9.59 Å². The number of nitrogens with one attached hydrogen (secondary N) is 2. The summed E-state index contributed by atoms with van der Waals surface area (Å²) in [5.74, 6) is -0.0731. The fourth-order valence-corrected chi connectivity index (χ4v) is 2.71. The minimum atomic E-state index is -0.392. The van der Waals surface area contributed by atoms with Gasteiger partial charge in [-0.25, -0.2) is 0 Å². The molecule has 2 aromatic rings. The lowest BCUT2D eigenvalue weighted by atomic mass is 10.1. The molecule has 3 rings (SSSR count). The second-order valence-electron chi connectivity index (χ2n) is 6.25. The van der Waals surface area contributed by atoms with Crippen molar-refractivity contribution >= 4 is 11.8 Å². The van der Waals surface area contributed by atoms with Crippen molar-refractivity contribution in [1.82, 2.24) is 10.9 Å². The Hall–Kier alpha value is -2.86. The SMILES string of the molecule is Cc1cccc(C(=O)NNC(=O)c2ccc(OC[C@H]3CCCO3)cc2)c1. The third-order valence-corrected chi connectivity index (χ3v) is 4.15. The molecule has 0 unspecified atom stereocenters. The van der Waals surface area contributed by atoms with Crippen molar-refractivity contribution in [2.24, 2.45) is 0 Å². The number of rotatable bonds is 5. The molecule has 6 heteroatoms. The molecule has 0 saturated carbocycles. The topological polar surface area (TPSA) is 76.7 Å². The van der Waals surface area contributed by atoms with E-state index in [1.807, 2.05) is 13.0 Å². The van der Waals surface area contributed by atoms with Crippen LogP contribution in [0.4, 0.5) is 0 Å². The normalized spacial score (nSPS) is 16.1. The first-order valence-electron chi connectivity index (χ1n) is 8.63. The maximum Gasteiger partial charge on any atom is 0.269 e. The lowest BCUT2D eigenvalue weighted by Gasteiger charge is -2.12. The van der Waals surface area contributed by atoms with Crippen LogP contribution in [0.1, 0.15) is 39.1 Å². The number of ether oxygens (including phenoxy) is 2. The van der Waals surface area contributed by atoms with Crippen molar-refractivity contribution in [3.63, 3.8) is 0 Å². The number of hydrogen-bond donors (Lipinski definition) is 2. The van der Waals surface area contributed by atoms with Gasteiger partial charge in [0.2, 0.25) is 0 Å². The van der Waals surface area contributed by atoms with Gasteiger partial charge in [-0.2, -0.15) is 0 Å². The van der Waals surface area contributed by atoms with Gasteiger partial charge in [-0.1, -0.05) is 17.7 Å². The van der Waals surface area contributed by atoms with E-state index in [1.165, 1.54) is 0 Å². The van der Waals surface area contributed by atoms with Crippen LogP contribution in [0.25, 0.3) is 0 Å². The van der Waals surface area contributed by atoms with Crippen LogP contribution >= 0.6 is 0 Å². The highest BCUT2D eigenvalue weighted by Crippen LogP contribution is 2.16. The van der Waals surface area contributed by atoms with E-state index in [2.05, 4.69) is 10.9 Å². The van der Waals surface area contributed by atoms with E-state index < -0.39 is 5.91 Å². The Morgan fingerprint density at radius 1 is 1.08 bits per heavy atom. The zero-order valence-electron chi connectivity index (χ0n) is 14.7. The zero-order chi connectivity index (χ0) is 18.4. The molecule has 0 spiro atoms. The summed E-state index contributed by atoms with van der Waals surface area (Å²) in [6, 6.07) is 13.9. The van der Waals surface area contributed by atoms with E-state index in [0.29, 0.717) is 23.5 Å². The minimum absolute atomic E-state index is 0.148. The molecular weight excluding hydrogens is 332 g/mol. The van der Waals surface area contributed by atoms with E-state index in [0.717, 1.165) is 25.0 Å². The zero-order valence-corrected chi connectivity index (χ0v) is 14.7. The van der Waals surface area contributed by atoms with Crippen LogP contribution < -0.4 is 15.6 Å². The predicted octanol–water partition coefficient (Wildman–Crippen LogP) is 2.63. The van der Waals surface area contributed by atoms with Gasteiger partial charge in [0.15, 0.2) is 0 Å². The van der Waals surface area contributed by atoms with Crippen molar-refractivity contribution in [2.45, 2.75) is 25.9 Å². The lowest BCUT2D eigenvalue weighted by Crippen LogP contribution is -2.41. The fourth-order valence-electron chi connectivity index (χ4n) is 2.71. The Balaban J connectivity index is 1.49. The number of carbonyl (C=O) groups is 2. The van der Waals surface area contributed by atoms with Gasteiger partial charge in [-0.15, -0.1) is 0 Å². The first-order valence-corrected chi connectivity index (χ1v) is 8.63. The Labute approximate surface area is 152 Å². The predicted molar refractivity (Wildman–Crippen MR) is 97.0 cm³/mol. The number of hydrogen-bond acceptors (Lipinski definition) is 4. The highest BCUT2D eigenvalue weighted by atomic mass is 16.5. The summed E-state index contributed by atoms with van der Waals surface area (Å²) in [5, 5.41) is 0. The van der Waals surface area contributed by atoms with Crippen LogP contribution in [-0.2, 0) is 4.74 Å². The Kier molecular flexibility index (Phi) is 5.86. The molecule has 2 amide bonds. The molecule has 0 radical (unpaired) electrons. The standard InChI is InChI=1S/C20H22N2O4/c1-14-4-2-5-16(12-14)20(24)22-21-19(23)15-7-9-17(10-8-15)26-13-18-6-3-11-25-18/h2,4-5,7-10,12,18H,3,6,11,13H2,1H3,(H,21,23)(H,22,24)/t18-/m1/s1. The molecule has 1 aliphatic heterocycles. The molecule has 1 heterocycles. The number of benzene rings is 2. The molecule has 2 N–H and O–H groups in total. The van der Waals surface area contributed by atoms with Crippen LogP contribution in [0, 0.1) is 6.92 Å². The molecular formula is C20H22N2O4. The third kappa shape index (κ3) is 4.83. The largest absolute Gasteiger partial charge is 0.491 e. The first-order chi connectivity index (χ1) is 12.6. The van der Waals surface area contributed by atoms with Gasteiger partial charge in [0.05, 0.1) is 6.10 Å². The Morgan fingerprint density at radius 3 is 2.46 bits per heavy atom. The van der Waals surface area contributed by atoms with Crippen molar-refractivity contribution < 1.29 is 19.1 Å². The second kappa shape index (κ2) is 8.49. The molecule has 26 heavy (non-hydrogen) atoms. The average Bonchev–Trinajstić information content (AvgIpc) is 3.18. The second-order valence-corrected chi connectivity index (χ2v) is 6.25. The minimum Gasteiger partial charge on any atom is -0.491 e. The number of carbonyl (C=O) groups excluding carboxylic acids is 2. The first kappa shape index (κ1) is 17.9. The number of hydrazine groups is 1. The van der Waals surface area contributed by atoms with Gasteiger partial charge in [-0.3, -0.25) is 20.4 Å². The van der Waals surface area contributed by atoms with Crippen molar-refractivity contribution in [2.75, 3.05) is 13.2 Å². The molecule has 0 aliphatic carbocycles. The average molecular weight is 354 g/mol. The number of amides is 2. The summed E-state index contributed by atoms with van der Waals surface area (Å²) in [7, 11) is 0. The molecule has 0 bridgehead atoms. The lowest BCUT2D eigenvalue weighted by molar-refractivity contribution is 0.0679. The summed E-state index contributed by atoms with van der Waals surface area (Å²) < 4.78 is 11.2. The highest BCUT2D eigenvalue weighted by Gasteiger charge is 2.16. The molecule has 0 aromatic heterocycles. The van der Waals surface area contributed by atoms with Crippen molar-refractivity contribution in [3.8, 4) is 5.75 Å². The molecule has 1 atom stereocenters. The quantitative estimate of drug-likeness (QED) is 0.810. The van der Waals surface area contributed by atoms with Crippen LogP contribution in [0.3, 0.4) is 0 Å². The highest BCUT2D eigenvalue weighted by molar-refractivity contribution is 5.99. The van der Waals surface area contributed by atoms with Crippen molar-refractivity contribution in [1.29, 1.82) is 0 Å². The third-order valence-electron chi connectivity index (χ3n) is 4.15. The maximum atomic E-state index is 12.1. The van der Waals surface area contributed by atoms with E-state index >= 15 is 0 Å². The summed E-state index contributed by atoms with van der Waals surface area (Å²) in [6.45, 7) is 3.21. The van der Waals surface area contributed by atoms with Gasteiger partial charge < -0.3 is 9.47 Å². The van der Waals surface area contributed by atoms with Gasteiger partial charge in [-0.05, 0) is 56.2 Å². The van der Waals surface area contributed by atoms with Crippen LogP contribution in [-0.4, -0.2) is 31.1 Å². The maximum absolute atomic E-state index is 12.1.